The smallest absolute Gasteiger partial charge is 0.350 e. The van der Waals surface area contributed by atoms with Gasteiger partial charge >= 0.3 is 5.97 Å². The normalized spacial score (nSPS) is 11.4. The Morgan fingerprint density at radius 1 is 1.09 bits per heavy atom. The summed E-state index contributed by atoms with van der Waals surface area (Å²) in [6, 6.07) is 8.57. The van der Waals surface area contributed by atoms with Crippen LogP contribution in [-0.2, 0) is 9.53 Å². The van der Waals surface area contributed by atoms with Crippen LogP contribution in [0.15, 0.2) is 35.7 Å². The number of ether oxygens (including phenoxy) is 3. The number of carbonyl (C=O) groups is 2. The molecule has 1 aromatic carbocycles. The Morgan fingerprint density at radius 3 is 2.35 bits per heavy atom. The van der Waals surface area contributed by atoms with Gasteiger partial charge in [0.25, 0.3) is 5.91 Å². The quantitative estimate of drug-likeness (QED) is 0.822. The molecule has 0 aliphatic heterocycles. The molecule has 0 aliphatic rings. The van der Waals surface area contributed by atoms with Gasteiger partial charge in [-0.05, 0) is 42.6 Å². The van der Waals surface area contributed by atoms with E-state index in [1.807, 2.05) is 0 Å². The van der Waals surface area contributed by atoms with Crippen molar-refractivity contribution < 1.29 is 23.8 Å². The molecule has 6 nitrogen and oxygen atoms in total. The van der Waals surface area contributed by atoms with Crippen LogP contribution in [0.4, 0.5) is 5.69 Å². The van der Waals surface area contributed by atoms with Gasteiger partial charge in [-0.3, -0.25) is 4.79 Å². The second-order valence-corrected chi connectivity index (χ2v) is 5.50. The van der Waals surface area contributed by atoms with Crippen molar-refractivity contribution in [3.05, 3.63) is 40.6 Å². The molecule has 0 saturated carbocycles. The van der Waals surface area contributed by atoms with E-state index in [4.69, 9.17) is 9.47 Å². The summed E-state index contributed by atoms with van der Waals surface area (Å²) in [5, 5.41) is 4.37. The summed E-state index contributed by atoms with van der Waals surface area (Å²) in [6.45, 7) is 1.63. The first-order valence-corrected chi connectivity index (χ1v) is 7.70. The molecule has 122 valence electrons. The highest BCUT2D eigenvalue weighted by atomic mass is 32.1. The topological polar surface area (TPSA) is 73.9 Å². The van der Waals surface area contributed by atoms with E-state index >= 15 is 0 Å². The minimum absolute atomic E-state index is 0.345. The van der Waals surface area contributed by atoms with Gasteiger partial charge in [-0.2, -0.15) is 0 Å². The van der Waals surface area contributed by atoms with Gasteiger partial charge in [0, 0.05) is 0 Å². The van der Waals surface area contributed by atoms with E-state index < -0.39 is 12.1 Å². The first-order valence-electron chi connectivity index (χ1n) is 6.82. The van der Waals surface area contributed by atoms with Crippen molar-refractivity contribution in [2.75, 3.05) is 19.5 Å². The van der Waals surface area contributed by atoms with E-state index in [-0.39, 0.29) is 5.91 Å². The van der Waals surface area contributed by atoms with Crippen LogP contribution in [0.3, 0.4) is 0 Å². The van der Waals surface area contributed by atoms with Crippen LogP contribution >= 0.6 is 11.3 Å². The summed E-state index contributed by atoms with van der Waals surface area (Å²) in [7, 11) is 2.87. The van der Waals surface area contributed by atoms with E-state index in [2.05, 4.69) is 10.1 Å². The van der Waals surface area contributed by atoms with Gasteiger partial charge in [0.1, 0.15) is 16.4 Å². The van der Waals surface area contributed by atoms with E-state index in [1.54, 1.807) is 49.7 Å². The van der Waals surface area contributed by atoms with Crippen LogP contribution in [0.5, 0.6) is 11.5 Å². The maximum atomic E-state index is 12.2. The molecule has 2 aromatic rings. The molecule has 1 amide bonds. The number of esters is 1. The van der Waals surface area contributed by atoms with Gasteiger partial charge in [0.2, 0.25) is 0 Å². The highest BCUT2D eigenvalue weighted by molar-refractivity contribution is 7.12. The zero-order valence-electron chi connectivity index (χ0n) is 13.0. The summed E-state index contributed by atoms with van der Waals surface area (Å²) in [5.41, 5.74) is 0.414. The molecule has 2 rings (SSSR count). The molecule has 23 heavy (non-hydrogen) atoms. The number of amides is 1. The van der Waals surface area contributed by atoms with Crippen molar-refractivity contribution in [3.8, 4) is 11.5 Å². The van der Waals surface area contributed by atoms with Crippen molar-refractivity contribution in [1.82, 2.24) is 0 Å². The predicted octanol–water partition coefficient (Wildman–Crippen LogP) is 2.95. The molecule has 1 unspecified atom stereocenters. The Kier molecular flexibility index (Phi) is 5.59. The van der Waals surface area contributed by atoms with Gasteiger partial charge in [0.05, 0.1) is 19.9 Å². The van der Waals surface area contributed by atoms with Crippen molar-refractivity contribution in [3.63, 3.8) is 0 Å². The van der Waals surface area contributed by atoms with Gasteiger partial charge in [-0.15, -0.1) is 11.3 Å². The van der Waals surface area contributed by atoms with Gasteiger partial charge < -0.3 is 19.5 Å². The van der Waals surface area contributed by atoms with Crippen LogP contribution in [-0.4, -0.2) is 32.2 Å². The molecule has 0 spiro atoms. The van der Waals surface area contributed by atoms with Crippen LogP contribution in [0.1, 0.15) is 16.6 Å². The van der Waals surface area contributed by atoms with Crippen molar-refractivity contribution in [2.24, 2.45) is 0 Å². The second-order valence-electron chi connectivity index (χ2n) is 4.58. The minimum atomic E-state index is -0.728. The van der Waals surface area contributed by atoms with Crippen molar-refractivity contribution in [1.29, 1.82) is 0 Å². The molecule has 1 N–H and O–H groups in total. The van der Waals surface area contributed by atoms with Gasteiger partial charge in [0.15, 0.2) is 6.10 Å². The van der Waals surface area contributed by atoms with E-state index in [9.17, 15) is 9.59 Å². The fraction of sp³-hybridized carbons (Fsp3) is 0.250. The number of hydrogen-bond acceptors (Lipinski definition) is 6. The van der Waals surface area contributed by atoms with Crippen molar-refractivity contribution >= 4 is 28.9 Å². The lowest BCUT2D eigenvalue weighted by Crippen LogP contribution is -2.30. The molecular formula is C16H17NO5S. The highest BCUT2D eigenvalue weighted by Gasteiger charge is 2.20. The highest BCUT2D eigenvalue weighted by Crippen LogP contribution is 2.24. The molecule has 1 atom stereocenters. The summed E-state index contributed by atoms with van der Waals surface area (Å²) in [6.07, 6.45) is -0.728. The Bertz CT molecular complexity index is 680. The Balaban J connectivity index is 1.99. The Morgan fingerprint density at radius 2 is 1.74 bits per heavy atom. The first kappa shape index (κ1) is 16.8. The molecule has 7 heteroatoms. The van der Waals surface area contributed by atoms with Gasteiger partial charge in [-0.25, -0.2) is 4.79 Å². The number of rotatable bonds is 6. The summed E-state index contributed by atoms with van der Waals surface area (Å²) >= 11 is 1.20. The SMILES string of the molecule is COC(=O)c1sccc1NC(=O)C(C)Oc1ccc(OC)cc1. The number of methoxy groups -OCH3 is 2. The standard InChI is InChI=1S/C16H17NO5S/c1-10(22-12-6-4-11(20-2)5-7-12)15(18)17-13-8-9-23-14(13)16(19)21-3/h4-10H,1-3H3,(H,17,18). The maximum Gasteiger partial charge on any atom is 0.350 e. The molecule has 0 fully saturated rings. The molecule has 1 heterocycles. The van der Waals surface area contributed by atoms with E-state index in [0.717, 1.165) is 0 Å². The molecule has 0 aliphatic carbocycles. The zero-order chi connectivity index (χ0) is 16.8. The largest absolute Gasteiger partial charge is 0.497 e. The lowest BCUT2D eigenvalue weighted by atomic mass is 10.3. The average Bonchev–Trinajstić information content (AvgIpc) is 3.02. The van der Waals surface area contributed by atoms with E-state index in [1.165, 1.54) is 18.4 Å². The molecule has 0 bridgehead atoms. The number of nitrogens with one attached hydrogen (secondary N) is 1. The van der Waals surface area contributed by atoms with Crippen LogP contribution in [0.2, 0.25) is 0 Å². The number of thiophene rings is 1. The fourth-order valence-corrected chi connectivity index (χ4v) is 2.57. The average molecular weight is 335 g/mol. The number of benzene rings is 1. The first-order chi connectivity index (χ1) is 11.0. The van der Waals surface area contributed by atoms with Gasteiger partial charge in [-0.1, -0.05) is 0 Å². The summed E-state index contributed by atoms with van der Waals surface area (Å²) < 4.78 is 15.3. The molecule has 0 saturated heterocycles. The lowest BCUT2D eigenvalue weighted by Gasteiger charge is -2.15. The summed E-state index contributed by atoms with van der Waals surface area (Å²) in [4.78, 5) is 24.1. The third kappa shape index (κ3) is 4.23. The number of hydrogen-bond donors (Lipinski definition) is 1. The van der Waals surface area contributed by atoms with Crippen LogP contribution in [0, 0.1) is 0 Å². The fourth-order valence-electron chi connectivity index (χ4n) is 1.80. The van der Waals surface area contributed by atoms with Crippen LogP contribution in [0.25, 0.3) is 0 Å². The molecular weight excluding hydrogens is 318 g/mol. The third-order valence-electron chi connectivity index (χ3n) is 3.04. The predicted molar refractivity (Wildman–Crippen MR) is 87.4 cm³/mol. The lowest BCUT2D eigenvalue weighted by molar-refractivity contribution is -0.122. The monoisotopic (exact) mass is 335 g/mol. The van der Waals surface area contributed by atoms with E-state index in [0.29, 0.717) is 22.1 Å². The summed E-state index contributed by atoms with van der Waals surface area (Å²) in [5.74, 6) is 0.408. The maximum absolute atomic E-state index is 12.2. The Hall–Kier alpha value is -2.54. The molecule has 0 radical (unpaired) electrons. The Labute approximate surface area is 138 Å². The third-order valence-corrected chi connectivity index (χ3v) is 3.93. The number of carbonyl (C=O) groups excluding carboxylic acids is 2. The number of anilines is 1. The zero-order valence-corrected chi connectivity index (χ0v) is 13.8. The minimum Gasteiger partial charge on any atom is -0.497 e. The second kappa shape index (κ2) is 7.64. The molecule has 1 aromatic heterocycles. The van der Waals surface area contributed by atoms with Crippen LogP contribution < -0.4 is 14.8 Å². The van der Waals surface area contributed by atoms with Crippen molar-refractivity contribution in [2.45, 2.75) is 13.0 Å².